The fourth-order valence-corrected chi connectivity index (χ4v) is 8.73. The van der Waals surface area contributed by atoms with Crippen molar-refractivity contribution in [3.8, 4) is 5.75 Å². The number of aliphatic carboxylic acids is 1. The van der Waals surface area contributed by atoms with E-state index in [0.717, 1.165) is 18.2 Å². The van der Waals surface area contributed by atoms with Gasteiger partial charge in [0.1, 0.15) is 65.8 Å². The Labute approximate surface area is 545 Å². The maximum absolute atomic E-state index is 14.1. The molecule has 0 heterocycles. The van der Waals surface area contributed by atoms with Gasteiger partial charge in [-0.1, -0.05) is 46.2 Å². The fourth-order valence-electron chi connectivity index (χ4n) is 8.73. The van der Waals surface area contributed by atoms with Gasteiger partial charge in [-0.2, -0.15) is 0 Å². The van der Waals surface area contributed by atoms with E-state index < -0.39 is 185 Å². The summed E-state index contributed by atoms with van der Waals surface area (Å²) in [5, 5.41) is 101. The van der Waals surface area contributed by atoms with Crippen LogP contribution in [0, 0.1) is 37.5 Å². The number of anilines is 1. The highest BCUT2D eigenvalue weighted by Gasteiger charge is 2.35. The van der Waals surface area contributed by atoms with Gasteiger partial charge in [0.05, 0.1) is 48.8 Å². The molecule has 10 atom stereocenters. The van der Waals surface area contributed by atoms with Crippen LogP contribution in [0.4, 0.5) is 17.1 Å². The van der Waals surface area contributed by atoms with E-state index in [-0.39, 0.29) is 81.3 Å². The number of hydrogen-bond acceptors (Lipinski definition) is 22. The third-order valence-electron chi connectivity index (χ3n) is 14.2. The number of nitrogens with one attached hydrogen (secondary N) is 14. The van der Waals surface area contributed by atoms with Gasteiger partial charge in [0.15, 0.2) is 5.96 Å². The van der Waals surface area contributed by atoms with Crippen LogP contribution in [-0.4, -0.2) is 207 Å². The molecule has 2 aromatic rings. The van der Waals surface area contributed by atoms with Gasteiger partial charge in [0, 0.05) is 25.6 Å². The van der Waals surface area contributed by atoms with Crippen LogP contribution in [0.25, 0.3) is 0 Å². The molecule has 0 fully saturated rings. The first-order valence-electron chi connectivity index (χ1n) is 30.2. The number of unbranched alkanes of at least 4 members (excludes halogenated alkanes) is 1. The number of carbonyl (C=O) groups excluding carboxylic acids is 11. The van der Waals surface area contributed by atoms with Gasteiger partial charge in [-0.05, 0) is 88.0 Å². The number of carbonyl (C=O) groups is 12. The Morgan fingerprint density at radius 1 is 0.558 bits per heavy atom. The molecule has 0 aliphatic heterocycles. The van der Waals surface area contributed by atoms with Crippen LogP contribution >= 0.6 is 0 Å². The van der Waals surface area contributed by atoms with Crippen LogP contribution in [0.15, 0.2) is 42.5 Å². The summed E-state index contributed by atoms with van der Waals surface area (Å²) < 4.78 is 0. The molecule has 526 valence electrons. The topological polar surface area (TPSA) is 604 Å². The number of hydrogen-bond donors (Lipinski definition) is 20. The first kappa shape index (κ1) is 80.7. The number of rotatable bonds is 43. The monoisotopic (exact) mass is 1340 g/mol. The van der Waals surface area contributed by atoms with E-state index in [2.05, 4.69) is 69.1 Å². The highest BCUT2D eigenvalue weighted by Crippen LogP contribution is 2.29. The molecule has 0 aliphatic carbocycles. The quantitative estimate of drug-likeness (QED) is 0.00972. The van der Waals surface area contributed by atoms with E-state index in [9.17, 15) is 98.2 Å². The Bertz CT molecular complexity index is 3030. The molecule has 0 saturated carbocycles. The average Bonchev–Trinajstić information content (AvgIpc) is 0.958. The third-order valence-corrected chi connectivity index (χ3v) is 14.2. The lowest BCUT2D eigenvalue weighted by Crippen LogP contribution is -2.60. The molecule has 22 N–H and O–H groups in total. The minimum atomic E-state index is -1.78. The highest BCUT2D eigenvalue weighted by molar-refractivity contribution is 5.98. The van der Waals surface area contributed by atoms with Crippen molar-refractivity contribution in [1.29, 1.82) is 5.41 Å². The van der Waals surface area contributed by atoms with Crippen molar-refractivity contribution in [2.45, 2.75) is 147 Å². The number of phenolic OH excluding ortho intramolecular Hbond substituents is 1. The molecule has 0 radical (unpaired) electrons. The predicted molar refractivity (Wildman–Crippen MR) is 338 cm³/mol. The number of benzene rings is 2. The number of amides is 11. The summed E-state index contributed by atoms with van der Waals surface area (Å²) in [7, 11) is 0. The number of non-ortho nitro benzene ring substituents is 1. The highest BCUT2D eigenvalue weighted by atomic mass is 16.6. The standard InChI is InChI=1S/C57H88N18O20/c1-7-30(4)47(73-49(83)32(6)65-53(87)41(27-76)67-44(79)24-58)55(89)66-31(5)48(82)71-39(21-29(2)3)52(86)72-40(22-33-13-16-35(78)17-14-33)50(84)64-25-45(80)63-26-46(81)68-42(28-77)54(88)69-37(51(85)70-38(56(90)91)12-10-20-62-57(59)60)11-8-9-19-61-36-18-15-34(74(92)93)23-43(36)75(94)95/h13-18,23,29-32,37-42,47,61,76-78H,7-12,19-22,24-28,58H2,1-6H3,(H,63,80)(H,64,84)(H,65,87)(H,66,89)(H,67,79)(H,68,81)(H,69,88)(H,70,85)(H,71,82)(H,72,86)(H,73,83)(H,90,91)(H4,59,60,62)/t30-,31-,32-,37-,38+,39-,40-,41-,42-,47-/m0/s1. The number of carboxylic acids is 1. The van der Waals surface area contributed by atoms with Gasteiger partial charge in [-0.15, -0.1) is 0 Å². The molecule has 0 bridgehead atoms. The number of aliphatic hydroxyl groups is 2. The van der Waals surface area contributed by atoms with E-state index in [1.807, 2.05) is 0 Å². The fraction of sp³-hybridized carbons (Fsp3) is 0.561. The molecular formula is C57H88N18O20. The lowest BCUT2D eigenvalue weighted by Gasteiger charge is -2.28. The second-order valence-electron chi connectivity index (χ2n) is 22.3. The first-order chi connectivity index (χ1) is 44.7. The minimum Gasteiger partial charge on any atom is -0.508 e. The number of aromatic hydroxyl groups is 1. The largest absolute Gasteiger partial charge is 0.508 e. The van der Waals surface area contributed by atoms with Crippen molar-refractivity contribution in [2.75, 3.05) is 51.3 Å². The van der Waals surface area contributed by atoms with E-state index >= 15 is 0 Å². The predicted octanol–water partition coefficient (Wildman–Crippen LogP) is -4.95. The summed E-state index contributed by atoms with van der Waals surface area (Å²) in [5.74, 6) is -13.0. The molecule has 2 rings (SSSR count). The van der Waals surface area contributed by atoms with Crippen molar-refractivity contribution in [2.24, 2.45) is 23.3 Å². The van der Waals surface area contributed by atoms with Crippen molar-refractivity contribution in [1.82, 2.24) is 63.8 Å². The number of nitrogens with two attached hydrogens (primary N) is 2. The summed E-state index contributed by atoms with van der Waals surface area (Å²) in [4.78, 5) is 180. The van der Waals surface area contributed by atoms with Crippen LogP contribution in [0.1, 0.15) is 92.1 Å². The summed E-state index contributed by atoms with van der Waals surface area (Å²) in [6.07, 6.45) is 0.0752. The smallest absolute Gasteiger partial charge is 0.326 e. The minimum absolute atomic E-state index is 0.00601. The lowest BCUT2D eigenvalue weighted by atomic mass is 9.97. The van der Waals surface area contributed by atoms with Crippen molar-refractivity contribution >= 4 is 94.0 Å². The van der Waals surface area contributed by atoms with Gasteiger partial charge >= 0.3 is 5.97 Å². The number of nitro benzene ring substituents is 2. The molecule has 0 spiro atoms. The van der Waals surface area contributed by atoms with E-state index in [4.69, 9.17) is 16.9 Å². The zero-order valence-electron chi connectivity index (χ0n) is 53.4. The molecule has 11 amide bonds. The molecule has 38 nitrogen and oxygen atoms in total. The van der Waals surface area contributed by atoms with Crippen molar-refractivity contribution < 1.29 is 87.8 Å². The molecule has 0 aliphatic rings. The van der Waals surface area contributed by atoms with E-state index in [1.54, 1.807) is 27.7 Å². The van der Waals surface area contributed by atoms with Crippen molar-refractivity contribution in [3.05, 3.63) is 68.3 Å². The number of nitro groups is 2. The second-order valence-corrected chi connectivity index (χ2v) is 22.3. The van der Waals surface area contributed by atoms with Gasteiger partial charge < -0.3 is 101 Å². The van der Waals surface area contributed by atoms with E-state index in [0.29, 0.717) is 12.0 Å². The van der Waals surface area contributed by atoms with Gasteiger partial charge in [0.2, 0.25) is 65.0 Å². The zero-order valence-corrected chi connectivity index (χ0v) is 53.4. The SMILES string of the molecule is CC[C@H](C)[C@H](NC(=O)[C@H](C)NC(=O)[C@H](CO)NC(=O)CN)C(=O)N[C@@H](C)C(=O)N[C@@H](CC(C)C)C(=O)N[C@@H](Cc1ccc(O)cc1)C(=O)NCC(=O)NCC(=O)N[C@@H](CO)C(=O)N[C@@H](CCCCNc1ccc([N+](=O)[O-])cc1[N+](=O)[O-])C(=O)N[C@H](CCCNC(=N)N)C(=O)O. The Kier molecular flexibility index (Phi) is 35.1. The first-order valence-corrected chi connectivity index (χ1v) is 30.2. The van der Waals surface area contributed by atoms with Crippen LogP contribution in [0.3, 0.4) is 0 Å². The second kappa shape index (κ2) is 41.3. The molecule has 0 unspecified atom stereocenters. The van der Waals surface area contributed by atoms with Crippen LogP contribution in [0.2, 0.25) is 0 Å². The zero-order chi connectivity index (χ0) is 71.6. The van der Waals surface area contributed by atoms with Gasteiger partial charge in [0.25, 0.3) is 11.4 Å². The maximum atomic E-state index is 14.1. The number of nitrogens with zero attached hydrogens (tertiary/aromatic N) is 2. The van der Waals surface area contributed by atoms with E-state index in [1.165, 1.54) is 38.1 Å². The number of guanidine groups is 1. The molecule has 95 heavy (non-hydrogen) atoms. The van der Waals surface area contributed by atoms with Crippen LogP contribution in [-0.2, 0) is 64.0 Å². The normalized spacial score (nSPS) is 14.0. The maximum Gasteiger partial charge on any atom is 0.326 e. The summed E-state index contributed by atoms with van der Waals surface area (Å²) in [5.41, 5.74) is 9.77. The third kappa shape index (κ3) is 29.4. The number of phenols is 1. The Morgan fingerprint density at radius 3 is 1.64 bits per heavy atom. The van der Waals surface area contributed by atoms with Crippen LogP contribution in [0.5, 0.6) is 5.75 Å². The van der Waals surface area contributed by atoms with Gasteiger partial charge in [-0.25, -0.2) is 4.79 Å². The molecule has 0 aromatic heterocycles. The average molecular weight is 1350 g/mol. The number of carboxylic acid groups (broad SMARTS) is 1. The number of aliphatic hydroxyl groups excluding tert-OH is 2. The Balaban J connectivity index is 2.20. The molecule has 2 aromatic carbocycles. The molecule has 38 heteroatoms. The Hall–Kier alpha value is -10.4. The lowest BCUT2D eigenvalue weighted by molar-refractivity contribution is -0.393. The van der Waals surface area contributed by atoms with Crippen LogP contribution < -0.4 is 80.6 Å². The van der Waals surface area contributed by atoms with Crippen molar-refractivity contribution in [3.63, 3.8) is 0 Å². The Morgan fingerprint density at radius 2 is 1.08 bits per heavy atom. The summed E-state index contributed by atoms with van der Waals surface area (Å²) in [6, 6.07) is -4.49. The molecular weight excluding hydrogens is 1260 g/mol. The summed E-state index contributed by atoms with van der Waals surface area (Å²) >= 11 is 0. The molecule has 0 saturated heterocycles. The summed E-state index contributed by atoms with van der Waals surface area (Å²) in [6.45, 7) is 5.49. The van der Waals surface area contributed by atoms with Gasteiger partial charge in [-0.3, -0.25) is 78.4 Å².